The summed E-state index contributed by atoms with van der Waals surface area (Å²) < 4.78 is 23.6. The minimum atomic E-state index is -0.407. The molecule has 0 aromatic heterocycles. The van der Waals surface area contributed by atoms with Gasteiger partial charge in [0.2, 0.25) is 12.7 Å². The highest BCUT2D eigenvalue weighted by Crippen LogP contribution is 2.51. The zero-order valence-corrected chi connectivity index (χ0v) is 19.7. The van der Waals surface area contributed by atoms with Gasteiger partial charge in [-0.1, -0.05) is 41.4 Å². The summed E-state index contributed by atoms with van der Waals surface area (Å²) in [5, 5.41) is 10.00. The molecule has 9 heteroatoms. The number of rotatable bonds is 6. The van der Waals surface area contributed by atoms with Crippen LogP contribution in [0.2, 0.25) is 0 Å². The van der Waals surface area contributed by atoms with Gasteiger partial charge in [0, 0.05) is 16.3 Å². The van der Waals surface area contributed by atoms with Crippen LogP contribution < -0.4 is 30.8 Å². The molecule has 5 rings (SSSR count). The van der Waals surface area contributed by atoms with E-state index in [-0.39, 0.29) is 30.6 Å². The van der Waals surface area contributed by atoms with Crippen molar-refractivity contribution in [3.8, 4) is 23.3 Å². The average Bonchev–Trinajstić information content (AvgIpc) is 3.45. The van der Waals surface area contributed by atoms with Gasteiger partial charge in [-0.2, -0.15) is 5.26 Å². The number of benzene rings is 2. The predicted octanol–water partition coefficient (Wildman–Crippen LogP) is 3.96. The molecule has 0 bridgehead atoms. The van der Waals surface area contributed by atoms with Crippen molar-refractivity contribution in [3.63, 3.8) is 0 Å². The number of halogens is 1. The Morgan fingerprint density at radius 3 is 2.67 bits per heavy atom. The average molecular weight is 513 g/mol. The van der Waals surface area contributed by atoms with E-state index in [0.29, 0.717) is 23.7 Å². The normalized spacial score (nSPS) is 25.4. The molecule has 0 aliphatic carbocycles. The van der Waals surface area contributed by atoms with Gasteiger partial charge >= 0.3 is 0 Å². The molecular weight excluding hydrogens is 488 g/mol. The Morgan fingerprint density at radius 1 is 1.18 bits per heavy atom. The van der Waals surface area contributed by atoms with Crippen LogP contribution in [0.5, 0.6) is 17.2 Å². The predicted molar refractivity (Wildman–Crippen MR) is 124 cm³/mol. The van der Waals surface area contributed by atoms with Crippen molar-refractivity contribution < 1.29 is 18.9 Å². The van der Waals surface area contributed by atoms with Gasteiger partial charge < -0.3 is 24.7 Å². The van der Waals surface area contributed by atoms with Crippen molar-refractivity contribution in [2.45, 2.75) is 38.0 Å². The molecule has 0 saturated carbocycles. The van der Waals surface area contributed by atoms with E-state index < -0.39 is 6.23 Å². The van der Waals surface area contributed by atoms with Gasteiger partial charge in [-0.05, 0) is 41.8 Å². The lowest BCUT2D eigenvalue weighted by atomic mass is 9.74. The second-order valence-corrected chi connectivity index (χ2v) is 9.10. The molecule has 4 atom stereocenters. The highest BCUT2D eigenvalue weighted by Gasteiger charge is 2.50. The first-order valence-corrected chi connectivity index (χ1v) is 11.8. The van der Waals surface area contributed by atoms with E-state index in [9.17, 15) is 5.26 Å². The summed E-state index contributed by atoms with van der Waals surface area (Å²) in [6, 6.07) is 14.0. The van der Waals surface area contributed by atoms with Gasteiger partial charge in [-0.25, -0.2) is 10.9 Å². The van der Waals surface area contributed by atoms with Crippen LogP contribution in [-0.2, 0) is 4.74 Å². The fraction of sp³-hybridized carbons (Fsp3) is 0.375. The minimum absolute atomic E-state index is 0.126. The van der Waals surface area contributed by atoms with Gasteiger partial charge in [-0.3, -0.25) is 0 Å². The maximum Gasteiger partial charge on any atom is 0.231 e. The number of fused-ring (bicyclic) bond motifs is 2. The molecule has 4 unspecified atom stereocenters. The van der Waals surface area contributed by atoms with Crippen LogP contribution in [0.1, 0.15) is 42.9 Å². The van der Waals surface area contributed by atoms with E-state index in [1.54, 1.807) is 0 Å². The van der Waals surface area contributed by atoms with Crippen LogP contribution in [0.25, 0.3) is 0 Å². The Morgan fingerprint density at radius 2 is 1.94 bits per heavy atom. The number of ether oxygens (including phenoxy) is 4. The van der Waals surface area contributed by atoms with Crippen molar-refractivity contribution >= 4 is 15.9 Å². The molecule has 0 amide bonds. The standard InChI is InChI=1S/C24H25BrN4O4/c1-2-3-8-30-14-6-4-13(5-7-14)22-21-20(16(11-26)23(27)33-24(21)29-28-22)15-9-18-19(10-17(15)25)32-12-31-18/h4-7,9-10,20-22,24,28-29H,2-3,8,12,27H2,1H3. The van der Waals surface area contributed by atoms with Gasteiger partial charge in [0.25, 0.3) is 0 Å². The molecule has 33 heavy (non-hydrogen) atoms. The highest BCUT2D eigenvalue weighted by molar-refractivity contribution is 9.10. The second kappa shape index (κ2) is 9.14. The third-order valence-electron chi connectivity index (χ3n) is 6.28. The van der Waals surface area contributed by atoms with E-state index in [0.717, 1.165) is 34.2 Å². The lowest BCUT2D eigenvalue weighted by molar-refractivity contribution is 0.0339. The van der Waals surface area contributed by atoms with E-state index in [1.807, 2.05) is 36.4 Å². The molecule has 3 aliphatic rings. The molecule has 2 aromatic carbocycles. The molecule has 0 spiro atoms. The second-order valence-electron chi connectivity index (χ2n) is 8.25. The Labute approximate surface area is 200 Å². The van der Waals surface area contributed by atoms with Gasteiger partial charge in [0.15, 0.2) is 17.7 Å². The maximum absolute atomic E-state index is 10.00. The summed E-state index contributed by atoms with van der Waals surface area (Å²) >= 11 is 3.67. The maximum atomic E-state index is 10.00. The van der Waals surface area contributed by atoms with Crippen molar-refractivity contribution in [1.29, 1.82) is 5.26 Å². The quantitative estimate of drug-likeness (QED) is 0.498. The van der Waals surface area contributed by atoms with Gasteiger partial charge in [0.05, 0.1) is 18.2 Å². The van der Waals surface area contributed by atoms with Crippen molar-refractivity contribution in [3.05, 3.63) is 63.5 Å². The molecule has 8 nitrogen and oxygen atoms in total. The molecule has 3 aliphatic heterocycles. The fourth-order valence-electron chi connectivity index (χ4n) is 4.63. The molecule has 4 N–H and O–H groups in total. The summed E-state index contributed by atoms with van der Waals surface area (Å²) in [6.45, 7) is 3.01. The van der Waals surface area contributed by atoms with Crippen LogP contribution >= 0.6 is 15.9 Å². The molecule has 2 aromatic rings. The summed E-state index contributed by atoms with van der Waals surface area (Å²) in [6.07, 6.45) is 1.70. The Hall–Kier alpha value is -2.93. The monoisotopic (exact) mass is 512 g/mol. The number of nitriles is 1. The zero-order chi connectivity index (χ0) is 22.9. The van der Waals surface area contributed by atoms with Crippen LogP contribution in [0.4, 0.5) is 0 Å². The van der Waals surface area contributed by atoms with Crippen LogP contribution in [0, 0.1) is 17.2 Å². The summed E-state index contributed by atoms with van der Waals surface area (Å²) in [4.78, 5) is 0. The fourth-order valence-corrected chi connectivity index (χ4v) is 5.20. The molecule has 172 valence electrons. The van der Waals surface area contributed by atoms with E-state index in [1.165, 1.54) is 0 Å². The van der Waals surface area contributed by atoms with E-state index >= 15 is 0 Å². The van der Waals surface area contributed by atoms with E-state index in [4.69, 9.17) is 24.7 Å². The highest BCUT2D eigenvalue weighted by atomic mass is 79.9. The number of hydrogen-bond donors (Lipinski definition) is 3. The van der Waals surface area contributed by atoms with Crippen molar-refractivity contribution in [1.82, 2.24) is 10.9 Å². The number of allylic oxidation sites excluding steroid dienone is 1. The number of nitrogens with zero attached hydrogens (tertiary/aromatic N) is 1. The van der Waals surface area contributed by atoms with Crippen molar-refractivity contribution in [2.75, 3.05) is 13.4 Å². The molecule has 1 saturated heterocycles. The SMILES string of the molecule is CCCCOc1ccc(C2NNC3OC(N)=C(C#N)C(c4cc5c(cc4Br)OCO5)C32)cc1. The number of hydrogen-bond acceptors (Lipinski definition) is 8. The molecule has 0 radical (unpaired) electrons. The third kappa shape index (κ3) is 3.99. The largest absolute Gasteiger partial charge is 0.494 e. The number of nitrogens with one attached hydrogen (secondary N) is 2. The smallest absolute Gasteiger partial charge is 0.231 e. The Bertz CT molecular complexity index is 1110. The Balaban J connectivity index is 1.51. The van der Waals surface area contributed by atoms with Crippen LogP contribution in [0.3, 0.4) is 0 Å². The first-order valence-electron chi connectivity index (χ1n) is 11.0. The molecule has 1 fully saturated rings. The third-order valence-corrected chi connectivity index (χ3v) is 6.97. The summed E-state index contributed by atoms with van der Waals surface area (Å²) in [5.41, 5.74) is 15.1. The van der Waals surface area contributed by atoms with Gasteiger partial charge in [0.1, 0.15) is 11.8 Å². The van der Waals surface area contributed by atoms with Crippen LogP contribution in [-0.4, -0.2) is 19.6 Å². The lowest BCUT2D eigenvalue weighted by Gasteiger charge is -2.36. The molecular formula is C24H25BrN4O4. The zero-order valence-electron chi connectivity index (χ0n) is 18.1. The summed E-state index contributed by atoms with van der Waals surface area (Å²) in [7, 11) is 0. The number of nitrogens with two attached hydrogens (primary N) is 1. The number of hydrazine groups is 1. The first kappa shape index (κ1) is 21.9. The summed E-state index contributed by atoms with van der Waals surface area (Å²) in [5.74, 6) is 1.81. The molecule has 3 heterocycles. The minimum Gasteiger partial charge on any atom is -0.494 e. The number of unbranched alkanes of at least 4 members (excludes halogenated alkanes) is 1. The lowest BCUT2D eigenvalue weighted by Crippen LogP contribution is -2.41. The van der Waals surface area contributed by atoms with Crippen LogP contribution in [0.15, 0.2) is 52.3 Å². The first-order chi connectivity index (χ1) is 16.1. The topological polar surface area (TPSA) is 111 Å². The van der Waals surface area contributed by atoms with Crippen molar-refractivity contribution in [2.24, 2.45) is 11.7 Å². The van der Waals surface area contributed by atoms with Gasteiger partial charge in [-0.15, -0.1) is 0 Å². The van der Waals surface area contributed by atoms with E-state index in [2.05, 4.69) is 39.8 Å². The Kier molecular flexibility index (Phi) is 6.06.